The predicted octanol–water partition coefficient (Wildman–Crippen LogP) is 5.45. The van der Waals surface area contributed by atoms with Crippen molar-refractivity contribution >= 4 is 11.8 Å². The van der Waals surface area contributed by atoms with Crippen LogP contribution in [-0.2, 0) is 14.3 Å². The molecule has 0 bridgehead atoms. The summed E-state index contributed by atoms with van der Waals surface area (Å²) in [7, 11) is 1.45. The van der Waals surface area contributed by atoms with Crippen molar-refractivity contribution < 1.29 is 19.4 Å². The Kier molecular flexibility index (Phi) is 6.82. The summed E-state index contributed by atoms with van der Waals surface area (Å²) in [5.74, 6) is 1.72. The SMILES string of the molecule is CCCCCC1(O)CC2C(CCC3(C)C(=O)CCC23)C(C)(CCCC(=O)OC)C1. The van der Waals surface area contributed by atoms with Gasteiger partial charge in [0.05, 0.1) is 12.7 Å². The maximum atomic E-state index is 12.7. The van der Waals surface area contributed by atoms with E-state index in [9.17, 15) is 14.7 Å². The standard InChI is InChI=1S/C25H42O4/c1-5-6-7-14-25(28)16-18-19(12-15-24(3)20(18)10-11-21(24)26)23(2,17-25)13-8-9-22(27)29-4/h18-20,28H,5-17H2,1-4H3. The van der Waals surface area contributed by atoms with E-state index in [0.717, 1.165) is 77.0 Å². The molecule has 3 aliphatic rings. The number of fused-ring (bicyclic) bond motifs is 3. The van der Waals surface area contributed by atoms with Crippen LogP contribution in [0.1, 0.15) is 104 Å². The highest BCUT2D eigenvalue weighted by molar-refractivity contribution is 5.87. The van der Waals surface area contributed by atoms with Gasteiger partial charge in [-0.25, -0.2) is 0 Å². The first kappa shape index (κ1) is 22.8. The average molecular weight is 407 g/mol. The van der Waals surface area contributed by atoms with Crippen LogP contribution >= 0.6 is 0 Å². The molecular formula is C25H42O4. The average Bonchev–Trinajstić information content (AvgIpc) is 2.97. The van der Waals surface area contributed by atoms with Crippen molar-refractivity contribution in [3.05, 3.63) is 0 Å². The van der Waals surface area contributed by atoms with E-state index in [2.05, 4.69) is 20.8 Å². The molecule has 0 radical (unpaired) electrons. The minimum absolute atomic E-state index is 0.0326. The van der Waals surface area contributed by atoms with Crippen molar-refractivity contribution in [2.75, 3.05) is 7.11 Å². The minimum atomic E-state index is -0.625. The molecule has 29 heavy (non-hydrogen) atoms. The van der Waals surface area contributed by atoms with E-state index >= 15 is 0 Å². The quantitative estimate of drug-likeness (QED) is 0.430. The molecule has 3 aliphatic carbocycles. The lowest BCUT2D eigenvalue weighted by Crippen LogP contribution is -2.55. The van der Waals surface area contributed by atoms with Crippen LogP contribution in [0.4, 0.5) is 0 Å². The third-order valence-corrected chi connectivity index (χ3v) is 8.99. The molecule has 0 heterocycles. The molecule has 6 atom stereocenters. The number of hydrogen-bond donors (Lipinski definition) is 1. The highest BCUT2D eigenvalue weighted by Gasteiger charge is 2.60. The molecule has 4 heteroatoms. The van der Waals surface area contributed by atoms with Crippen LogP contribution in [0.3, 0.4) is 0 Å². The number of ether oxygens (including phenoxy) is 1. The Balaban J connectivity index is 1.83. The second-order valence-corrected chi connectivity index (χ2v) is 10.9. The lowest BCUT2D eigenvalue weighted by Gasteiger charge is -2.59. The van der Waals surface area contributed by atoms with Crippen molar-refractivity contribution in [3.63, 3.8) is 0 Å². The summed E-state index contributed by atoms with van der Waals surface area (Å²) in [6, 6.07) is 0. The van der Waals surface area contributed by atoms with Crippen molar-refractivity contribution in [1.82, 2.24) is 0 Å². The fourth-order valence-corrected chi connectivity index (χ4v) is 7.51. The summed E-state index contributed by atoms with van der Waals surface area (Å²) in [5.41, 5.74) is -0.763. The van der Waals surface area contributed by atoms with Gasteiger partial charge in [0.2, 0.25) is 0 Å². The second kappa shape index (κ2) is 8.69. The van der Waals surface area contributed by atoms with E-state index in [1.165, 1.54) is 7.11 Å². The first-order chi connectivity index (χ1) is 13.7. The second-order valence-electron chi connectivity index (χ2n) is 10.9. The lowest BCUT2D eigenvalue weighted by molar-refractivity contribution is -0.158. The molecule has 1 N–H and O–H groups in total. The Morgan fingerprint density at radius 2 is 1.90 bits per heavy atom. The van der Waals surface area contributed by atoms with Gasteiger partial charge in [-0.1, -0.05) is 40.0 Å². The normalized spacial score (nSPS) is 41.7. The molecule has 3 fully saturated rings. The number of hydrogen-bond acceptors (Lipinski definition) is 4. The van der Waals surface area contributed by atoms with Crippen molar-refractivity contribution in [2.24, 2.45) is 28.6 Å². The van der Waals surface area contributed by atoms with E-state index in [-0.39, 0.29) is 16.8 Å². The van der Waals surface area contributed by atoms with Gasteiger partial charge in [-0.05, 0) is 74.5 Å². The largest absolute Gasteiger partial charge is 0.469 e. The van der Waals surface area contributed by atoms with Crippen LogP contribution in [0.25, 0.3) is 0 Å². The number of ketones is 1. The summed E-state index contributed by atoms with van der Waals surface area (Å²) in [5, 5.41) is 11.7. The van der Waals surface area contributed by atoms with E-state index in [1.54, 1.807) is 0 Å². The van der Waals surface area contributed by atoms with E-state index in [1.807, 2.05) is 0 Å². The molecule has 0 aromatic carbocycles. The fraction of sp³-hybridized carbons (Fsp3) is 0.920. The topological polar surface area (TPSA) is 63.6 Å². The number of carbonyl (C=O) groups is 2. The molecular weight excluding hydrogens is 364 g/mol. The number of esters is 1. The Labute approximate surface area is 177 Å². The fourth-order valence-electron chi connectivity index (χ4n) is 7.51. The summed E-state index contributed by atoms with van der Waals surface area (Å²) in [6.07, 6.45) is 12.0. The van der Waals surface area contributed by atoms with Crippen LogP contribution in [0.5, 0.6) is 0 Å². The van der Waals surface area contributed by atoms with Crippen LogP contribution in [0, 0.1) is 28.6 Å². The van der Waals surface area contributed by atoms with Gasteiger partial charge in [-0.15, -0.1) is 0 Å². The number of carbonyl (C=O) groups excluding carboxylic acids is 2. The van der Waals surface area contributed by atoms with Gasteiger partial charge in [0.15, 0.2) is 0 Å². The Bertz CT molecular complexity index is 616. The smallest absolute Gasteiger partial charge is 0.305 e. The highest BCUT2D eigenvalue weighted by Crippen LogP contribution is 2.64. The van der Waals surface area contributed by atoms with Gasteiger partial charge in [0.1, 0.15) is 5.78 Å². The molecule has 166 valence electrons. The first-order valence-electron chi connectivity index (χ1n) is 12.0. The molecule has 0 aliphatic heterocycles. The Morgan fingerprint density at radius 3 is 2.59 bits per heavy atom. The summed E-state index contributed by atoms with van der Waals surface area (Å²) in [6.45, 7) is 6.75. The predicted molar refractivity (Wildman–Crippen MR) is 114 cm³/mol. The van der Waals surface area contributed by atoms with Gasteiger partial charge in [0, 0.05) is 18.3 Å². The molecule has 3 saturated carbocycles. The molecule has 0 spiro atoms. The van der Waals surface area contributed by atoms with E-state index < -0.39 is 5.60 Å². The Hall–Kier alpha value is -0.900. The van der Waals surface area contributed by atoms with Crippen molar-refractivity contribution in [1.29, 1.82) is 0 Å². The number of Topliss-reactive ketones (excluding diaryl/α,β-unsaturated/α-hetero) is 1. The maximum absolute atomic E-state index is 12.7. The zero-order valence-corrected chi connectivity index (χ0v) is 19.1. The zero-order valence-electron chi connectivity index (χ0n) is 19.1. The number of aliphatic hydroxyl groups is 1. The van der Waals surface area contributed by atoms with Gasteiger partial charge in [-0.2, -0.15) is 0 Å². The van der Waals surface area contributed by atoms with Crippen LogP contribution in [0.2, 0.25) is 0 Å². The number of rotatable bonds is 8. The summed E-state index contributed by atoms with van der Waals surface area (Å²) < 4.78 is 4.84. The number of methoxy groups -OCH3 is 1. The third-order valence-electron chi connectivity index (χ3n) is 8.99. The lowest BCUT2D eigenvalue weighted by atomic mass is 9.46. The third kappa shape index (κ3) is 4.43. The first-order valence-corrected chi connectivity index (χ1v) is 12.0. The van der Waals surface area contributed by atoms with Gasteiger partial charge in [-0.3, -0.25) is 9.59 Å². The van der Waals surface area contributed by atoms with Crippen molar-refractivity contribution in [2.45, 2.75) is 110 Å². The van der Waals surface area contributed by atoms with E-state index in [0.29, 0.717) is 30.0 Å². The number of unbranched alkanes of at least 4 members (excludes halogenated alkanes) is 2. The molecule has 3 rings (SSSR count). The molecule has 4 nitrogen and oxygen atoms in total. The van der Waals surface area contributed by atoms with Gasteiger partial charge >= 0.3 is 5.97 Å². The molecule has 6 unspecified atom stereocenters. The molecule has 0 amide bonds. The Morgan fingerprint density at radius 1 is 1.14 bits per heavy atom. The molecule has 0 aromatic heterocycles. The molecule has 0 saturated heterocycles. The molecule has 0 aromatic rings. The van der Waals surface area contributed by atoms with Crippen LogP contribution < -0.4 is 0 Å². The highest BCUT2D eigenvalue weighted by atomic mass is 16.5. The maximum Gasteiger partial charge on any atom is 0.305 e. The van der Waals surface area contributed by atoms with Crippen LogP contribution in [0.15, 0.2) is 0 Å². The minimum Gasteiger partial charge on any atom is -0.469 e. The summed E-state index contributed by atoms with van der Waals surface area (Å²) >= 11 is 0. The zero-order chi connectivity index (χ0) is 21.3. The van der Waals surface area contributed by atoms with E-state index in [4.69, 9.17) is 4.74 Å². The van der Waals surface area contributed by atoms with Crippen molar-refractivity contribution in [3.8, 4) is 0 Å². The van der Waals surface area contributed by atoms with Crippen LogP contribution in [-0.4, -0.2) is 29.6 Å². The summed E-state index contributed by atoms with van der Waals surface area (Å²) in [4.78, 5) is 24.4. The van der Waals surface area contributed by atoms with Gasteiger partial charge in [0.25, 0.3) is 0 Å². The van der Waals surface area contributed by atoms with Gasteiger partial charge < -0.3 is 9.84 Å². The monoisotopic (exact) mass is 406 g/mol.